The van der Waals surface area contributed by atoms with Crippen LogP contribution in [0.1, 0.15) is 84.0 Å². The third-order valence-corrected chi connectivity index (χ3v) is 10.9. The van der Waals surface area contributed by atoms with Crippen molar-refractivity contribution in [2.75, 3.05) is 19.0 Å². The molecule has 3 fully saturated rings. The summed E-state index contributed by atoms with van der Waals surface area (Å²) < 4.78 is 19.3. The van der Waals surface area contributed by atoms with Gasteiger partial charge in [-0.15, -0.1) is 0 Å². The van der Waals surface area contributed by atoms with Crippen LogP contribution in [-0.2, 0) is 19.7 Å². The molecule has 7 heteroatoms. The van der Waals surface area contributed by atoms with E-state index in [9.17, 15) is 9.90 Å². The molecule has 3 unspecified atom stereocenters. The van der Waals surface area contributed by atoms with Gasteiger partial charge in [0.05, 0.1) is 17.2 Å². The van der Waals surface area contributed by atoms with Gasteiger partial charge in [0.15, 0.2) is 12.0 Å². The standard InChI is InChI=1S/C38H44N2O5/c1-8-37(9-2,36(41)42)45-31-15-12-22(4)17-26(31)28-19-30(32-20-43-32)40(7)33(25-16-21(3)10-13-24(25)6)38(28)27-14-11-23(5)18-29(27)39-35-34(38)44-35/h10-18,28,33-35,39H,8-9,19-20H2,1-7H3,(H,41,42)/b32-30-/t28-,33?,34?,35?,38-/m1/s1. The number of benzene rings is 3. The first-order chi connectivity index (χ1) is 21.5. The van der Waals surface area contributed by atoms with Crippen molar-refractivity contribution in [2.45, 2.75) is 96.1 Å². The highest BCUT2D eigenvalue weighted by molar-refractivity contribution is 5.78. The first-order valence-electron chi connectivity index (χ1n) is 16.2. The number of hydrogen-bond acceptors (Lipinski definition) is 6. The highest BCUT2D eigenvalue weighted by Crippen LogP contribution is 2.67. The van der Waals surface area contributed by atoms with E-state index < -0.39 is 17.0 Å². The van der Waals surface area contributed by atoms with Crippen molar-refractivity contribution in [1.82, 2.24) is 4.90 Å². The number of hydrogen-bond donors (Lipinski definition) is 2. The van der Waals surface area contributed by atoms with Gasteiger partial charge >= 0.3 is 5.97 Å². The van der Waals surface area contributed by atoms with Gasteiger partial charge < -0.3 is 29.5 Å². The van der Waals surface area contributed by atoms with Crippen LogP contribution in [0.25, 0.3) is 0 Å². The lowest BCUT2D eigenvalue weighted by atomic mass is 9.54. The van der Waals surface area contributed by atoms with Crippen LogP contribution in [0.15, 0.2) is 66.1 Å². The molecule has 5 atom stereocenters. The molecular weight excluding hydrogens is 564 g/mol. The fraction of sp³-hybridized carbons (Fsp3) is 0.447. The second-order valence-corrected chi connectivity index (χ2v) is 13.5. The lowest BCUT2D eigenvalue weighted by molar-refractivity contribution is -0.156. The van der Waals surface area contributed by atoms with E-state index in [0.717, 1.165) is 22.6 Å². The lowest BCUT2D eigenvalue weighted by Gasteiger charge is -2.57. The van der Waals surface area contributed by atoms with Crippen LogP contribution in [0, 0.1) is 27.7 Å². The predicted molar refractivity (Wildman–Crippen MR) is 175 cm³/mol. The summed E-state index contributed by atoms with van der Waals surface area (Å²) in [5.74, 6) is 0.619. The number of epoxide rings is 2. The number of fused-ring (bicyclic) bond motifs is 4. The number of likely N-dealkylation sites (N-methyl/N-ethyl adjacent to an activating group) is 1. The first kappa shape index (κ1) is 29.7. The number of anilines is 1. The Balaban J connectivity index is 1.55. The van der Waals surface area contributed by atoms with Crippen LogP contribution >= 0.6 is 0 Å². The molecule has 4 aliphatic heterocycles. The quantitative estimate of drug-likeness (QED) is 0.270. The molecule has 4 heterocycles. The van der Waals surface area contributed by atoms with Crippen LogP contribution in [0.2, 0.25) is 0 Å². The van der Waals surface area contributed by atoms with Crippen LogP contribution in [0.3, 0.4) is 0 Å². The van der Waals surface area contributed by atoms with Gasteiger partial charge in [-0.05, 0) is 86.9 Å². The summed E-state index contributed by atoms with van der Waals surface area (Å²) in [6.45, 7) is 13.0. The molecule has 0 bridgehead atoms. The Hall–Kier alpha value is -3.97. The minimum absolute atomic E-state index is 0.0867. The lowest BCUT2D eigenvalue weighted by Crippen LogP contribution is -2.57. The molecule has 3 aromatic rings. The molecule has 45 heavy (non-hydrogen) atoms. The van der Waals surface area contributed by atoms with Gasteiger partial charge in [0.1, 0.15) is 18.5 Å². The van der Waals surface area contributed by atoms with E-state index in [4.69, 9.17) is 14.2 Å². The second-order valence-electron chi connectivity index (χ2n) is 13.5. The maximum absolute atomic E-state index is 12.7. The summed E-state index contributed by atoms with van der Waals surface area (Å²) in [5, 5.41) is 14.1. The van der Waals surface area contributed by atoms with Crippen LogP contribution < -0.4 is 10.1 Å². The van der Waals surface area contributed by atoms with Crippen molar-refractivity contribution in [3.8, 4) is 5.75 Å². The number of piperidine rings is 1. The zero-order chi connectivity index (χ0) is 31.8. The number of nitrogens with zero attached hydrogens (tertiary/aromatic N) is 1. The molecule has 3 saturated heterocycles. The third-order valence-electron chi connectivity index (χ3n) is 10.9. The summed E-state index contributed by atoms with van der Waals surface area (Å²) in [5.41, 5.74) is 8.66. The number of rotatable bonds is 7. The molecule has 0 radical (unpaired) electrons. The van der Waals surface area contributed by atoms with Crippen LogP contribution in [0.5, 0.6) is 5.75 Å². The minimum atomic E-state index is -1.32. The van der Waals surface area contributed by atoms with Gasteiger partial charge in [0, 0.05) is 18.7 Å². The van der Waals surface area contributed by atoms with Crippen molar-refractivity contribution in [3.05, 3.63) is 105 Å². The Labute approximate surface area is 266 Å². The Morgan fingerprint density at radius 1 is 1.00 bits per heavy atom. The van der Waals surface area contributed by atoms with Crippen LogP contribution in [0.4, 0.5) is 5.69 Å². The number of aryl methyl sites for hydroxylation is 4. The topological polar surface area (TPSA) is 86.9 Å². The monoisotopic (exact) mass is 608 g/mol. The number of allylic oxidation sites excluding steroid dienone is 1. The highest BCUT2D eigenvalue weighted by atomic mass is 16.6. The maximum atomic E-state index is 12.7. The molecule has 4 aliphatic rings. The molecule has 0 aliphatic carbocycles. The van der Waals surface area contributed by atoms with Crippen molar-refractivity contribution < 1.29 is 24.1 Å². The molecule has 0 amide bonds. The number of likely N-dealkylation sites (tertiary alicyclic amines) is 1. The summed E-state index contributed by atoms with van der Waals surface area (Å²) in [6, 6.07) is 19.6. The third kappa shape index (κ3) is 4.53. The average molecular weight is 609 g/mol. The smallest absolute Gasteiger partial charge is 0.348 e. The molecule has 3 aromatic carbocycles. The highest BCUT2D eigenvalue weighted by Gasteiger charge is 2.69. The molecule has 1 spiro atoms. The van der Waals surface area contributed by atoms with Gasteiger partial charge in [-0.1, -0.05) is 67.4 Å². The Morgan fingerprint density at radius 2 is 1.64 bits per heavy atom. The fourth-order valence-corrected chi connectivity index (χ4v) is 8.29. The minimum Gasteiger partial charge on any atom is -0.484 e. The number of nitrogens with one attached hydrogen (secondary N) is 1. The van der Waals surface area contributed by atoms with E-state index in [1.807, 2.05) is 26.0 Å². The van der Waals surface area contributed by atoms with Gasteiger partial charge in [-0.2, -0.15) is 0 Å². The molecule has 0 saturated carbocycles. The summed E-state index contributed by atoms with van der Waals surface area (Å²) >= 11 is 0. The van der Waals surface area contributed by atoms with Crippen molar-refractivity contribution in [1.29, 1.82) is 0 Å². The normalized spacial score (nSPS) is 28.1. The van der Waals surface area contributed by atoms with Crippen molar-refractivity contribution >= 4 is 11.7 Å². The molecule has 0 aromatic heterocycles. The largest absolute Gasteiger partial charge is 0.484 e. The van der Waals surface area contributed by atoms with Gasteiger partial charge in [0.2, 0.25) is 5.60 Å². The first-order valence-corrected chi connectivity index (χ1v) is 16.2. The summed E-state index contributed by atoms with van der Waals surface area (Å²) in [4.78, 5) is 15.2. The van der Waals surface area contributed by atoms with Crippen molar-refractivity contribution in [3.63, 3.8) is 0 Å². The number of carboxylic acids is 1. The fourth-order valence-electron chi connectivity index (χ4n) is 8.29. The second kappa shape index (κ2) is 10.5. The van der Waals surface area contributed by atoms with Gasteiger partial charge in [-0.25, -0.2) is 4.79 Å². The predicted octanol–water partition coefficient (Wildman–Crippen LogP) is 7.43. The molecule has 236 valence electrons. The molecule has 7 rings (SSSR count). The SMILES string of the molecule is CCC(CC)(Oc1ccc(C)cc1[C@H]1C/C(=C2\CO2)N(C)C(c2cc(C)ccc2C)[C@@]12c1ccc(C)cc1NC1OC12)C(=O)O. The molecular formula is C38H44N2O5. The van der Waals surface area contributed by atoms with Gasteiger partial charge in [-0.3, -0.25) is 0 Å². The van der Waals surface area contributed by atoms with E-state index in [-0.39, 0.29) is 24.3 Å². The van der Waals surface area contributed by atoms with E-state index >= 15 is 0 Å². The van der Waals surface area contributed by atoms with Gasteiger partial charge in [0.25, 0.3) is 0 Å². The van der Waals surface area contributed by atoms with Crippen LogP contribution in [-0.4, -0.2) is 47.6 Å². The van der Waals surface area contributed by atoms with E-state index in [1.54, 1.807) is 0 Å². The zero-order valence-corrected chi connectivity index (χ0v) is 27.4. The number of carbonyl (C=O) groups is 1. The van der Waals surface area contributed by atoms with E-state index in [1.165, 1.54) is 33.5 Å². The van der Waals surface area contributed by atoms with E-state index in [0.29, 0.717) is 31.6 Å². The van der Waals surface area contributed by atoms with E-state index in [2.05, 4.69) is 87.4 Å². The average Bonchev–Trinajstić information content (AvgIpc) is 3.94. The number of ether oxygens (including phenoxy) is 3. The molecule has 7 nitrogen and oxygen atoms in total. The zero-order valence-electron chi connectivity index (χ0n) is 27.4. The number of aliphatic carboxylic acids is 1. The molecule has 2 N–H and O–H groups in total. The maximum Gasteiger partial charge on any atom is 0.348 e. The Morgan fingerprint density at radius 3 is 2.31 bits per heavy atom. The Kier molecular flexibility index (Phi) is 6.97. The van der Waals surface area contributed by atoms with Crippen molar-refractivity contribution in [2.24, 2.45) is 0 Å². The number of carboxylic acid groups (broad SMARTS) is 1. The summed E-state index contributed by atoms with van der Waals surface area (Å²) in [6.07, 6.45) is 1.21. The Bertz CT molecular complexity index is 1720. The summed E-state index contributed by atoms with van der Waals surface area (Å²) in [7, 11) is 2.21.